The third-order valence-corrected chi connectivity index (χ3v) is 2.94. The third kappa shape index (κ3) is 3.57. The fourth-order valence-corrected chi connectivity index (χ4v) is 1.82. The number of nitrogens with zero attached hydrogens (tertiary/aromatic N) is 3. The Hall–Kier alpha value is -0.950. The van der Waals surface area contributed by atoms with Crippen molar-refractivity contribution in [2.75, 3.05) is 12.9 Å². The first kappa shape index (κ1) is 11.5. The van der Waals surface area contributed by atoms with Crippen LogP contribution in [0.25, 0.3) is 0 Å². The van der Waals surface area contributed by atoms with E-state index < -0.39 is 10.1 Å². The molecule has 1 heterocycles. The van der Waals surface area contributed by atoms with Crippen LogP contribution >= 0.6 is 0 Å². The molecule has 0 radical (unpaired) electrons. The molecule has 1 fully saturated rings. The molecule has 1 aromatic rings. The standard InChI is InChI=1S/C9H15N3O3S/c1-16(13,14)15-6-2-5-12-10-7-9(11-12)8-3-4-8/h7-8H,2-6H2,1H3. The van der Waals surface area contributed by atoms with Gasteiger partial charge in [-0.2, -0.15) is 23.4 Å². The Labute approximate surface area is 94.7 Å². The van der Waals surface area contributed by atoms with Crippen molar-refractivity contribution in [3.8, 4) is 0 Å². The van der Waals surface area contributed by atoms with Crippen LogP contribution in [-0.2, 0) is 20.8 Å². The highest BCUT2D eigenvalue weighted by atomic mass is 32.2. The van der Waals surface area contributed by atoms with E-state index in [1.54, 1.807) is 11.0 Å². The molecule has 0 aliphatic heterocycles. The number of rotatable bonds is 6. The van der Waals surface area contributed by atoms with Gasteiger partial charge in [-0.1, -0.05) is 0 Å². The molecule has 0 aromatic carbocycles. The average Bonchev–Trinajstić information content (AvgIpc) is 2.93. The second kappa shape index (κ2) is 4.50. The van der Waals surface area contributed by atoms with E-state index in [9.17, 15) is 8.42 Å². The Morgan fingerprint density at radius 1 is 1.56 bits per heavy atom. The van der Waals surface area contributed by atoms with Crippen molar-refractivity contribution in [3.63, 3.8) is 0 Å². The molecule has 0 spiro atoms. The quantitative estimate of drug-likeness (QED) is 0.539. The maximum atomic E-state index is 10.7. The van der Waals surface area contributed by atoms with Gasteiger partial charge in [0.2, 0.25) is 0 Å². The molecule has 1 aromatic heterocycles. The Morgan fingerprint density at radius 2 is 2.31 bits per heavy atom. The van der Waals surface area contributed by atoms with Gasteiger partial charge in [0.15, 0.2) is 0 Å². The molecule has 6 nitrogen and oxygen atoms in total. The van der Waals surface area contributed by atoms with E-state index in [1.165, 1.54) is 12.8 Å². The zero-order valence-electron chi connectivity index (χ0n) is 9.16. The van der Waals surface area contributed by atoms with Crippen molar-refractivity contribution >= 4 is 10.1 Å². The minimum Gasteiger partial charge on any atom is -0.270 e. The fraction of sp³-hybridized carbons (Fsp3) is 0.778. The van der Waals surface area contributed by atoms with E-state index in [-0.39, 0.29) is 6.61 Å². The molecular weight excluding hydrogens is 230 g/mol. The van der Waals surface area contributed by atoms with Gasteiger partial charge >= 0.3 is 0 Å². The second-order valence-corrected chi connectivity index (χ2v) is 5.66. The van der Waals surface area contributed by atoms with Gasteiger partial charge < -0.3 is 0 Å². The van der Waals surface area contributed by atoms with Crippen LogP contribution in [-0.4, -0.2) is 36.3 Å². The van der Waals surface area contributed by atoms with Gasteiger partial charge in [0.1, 0.15) is 0 Å². The lowest BCUT2D eigenvalue weighted by atomic mass is 10.3. The van der Waals surface area contributed by atoms with Gasteiger partial charge in [0.05, 0.1) is 31.3 Å². The highest BCUT2D eigenvalue weighted by Gasteiger charge is 2.26. The van der Waals surface area contributed by atoms with Gasteiger partial charge in [-0.3, -0.25) is 4.18 Å². The number of aryl methyl sites for hydroxylation is 1. The zero-order valence-corrected chi connectivity index (χ0v) is 9.98. The van der Waals surface area contributed by atoms with Crippen molar-refractivity contribution in [2.45, 2.75) is 31.7 Å². The van der Waals surface area contributed by atoms with Crippen LogP contribution in [0, 0.1) is 0 Å². The Bertz CT molecular complexity index is 450. The molecule has 0 N–H and O–H groups in total. The molecule has 16 heavy (non-hydrogen) atoms. The van der Waals surface area contributed by atoms with E-state index >= 15 is 0 Å². The molecule has 1 aliphatic carbocycles. The summed E-state index contributed by atoms with van der Waals surface area (Å²) in [5.41, 5.74) is 1.05. The summed E-state index contributed by atoms with van der Waals surface area (Å²) >= 11 is 0. The summed E-state index contributed by atoms with van der Waals surface area (Å²) in [6, 6.07) is 0. The predicted molar refractivity (Wildman–Crippen MR) is 57.4 cm³/mol. The Morgan fingerprint density at radius 3 is 2.94 bits per heavy atom. The van der Waals surface area contributed by atoms with E-state index in [0.29, 0.717) is 18.9 Å². The third-order valence-electron chi connectivity index (χ3n) is 2.35. The number of aromatic nitrogens is 3. The minimum absolute atomic E-state index is 0.180. The van der Waals surface area contributed by atoms with Gasteiger partial charge in [-0.25, -0.2) is 0 Å². The van der Waals surface area contributed by atoms with Crippen LogP contribution in [0.4, 0.5) is 0 Å². The summed E-state index contributed by atoms with van der Waals surface area (Å²) in [5, 5.41) is 8.42. The predicted octanol–water partition coefficient (Wildman–Crippen LogP) is 0.522. The van der Waals surface area contributed by atoms with Crippen molar-refractivity contribution in [1.29, 1.82) is 0 Å². The molecule has 1 aliphatic rings. The van der Waals surface area contributed by atoms with Crippen molar-refractivity contribution in [1.82, 2.24) is 15.0 Å². The van der Waals surface area contributed by atoms with Gasteiger partial charge in [-0.05, 0) is 19.3 Å². The van der Waals surface area contributed by atoms with Crippen molar-refractivity contribution < 1.29 is 12.6 Å². The van der Waals surface area contributed by atoms with Crippen LogP contribution in [0.5, 0.6) is 0 Å². The largest absolute Gasteiger partial charge is 0.270 e. The monoisotopic (exact) mass is 245 g/mol. The molecule has 0 unspecified atom stereocenters. The minimum atomic E-state index is -3.33. The molecule has 0 bridgehead atoms. The fourth-order valence-electron chi connectivity index (χ4n) is 1.40. The first-order chi connectivity index (χ1) is 7.54. The van der Waals surface area contributed by atoms with Gasteiger partial charge in [-0.15, -0.1) is 0 Å². The lowest BCUT2D eigenvalue weighted by Gasteiger charge is -2.00. The van der Waals surface area contributed by atoms with Crippen LogP contribution in [0.3, 0.4) is 0 Å². The first-order valence-corrected chi connectivity index (χ1v) is 7.11. The molecular formula is C9H15N3O3S. The molecule has 90 valence electrons. The summed E-state index contributed by atoms with van der Waals surface area (Å²) in [7, 11) is -3.33. The number of hydrogen-bond donors (Lipinski definition) is 0. The maximum Gasteiger partial charge on any atom is 0.264 e. The molecule has 2 rings (SSSR count). The summed E-state index contributed by atoms with van der Waals surface area (Å²) in [6.07, 6.45) is 5.83. The summed E-state index contributed by atoms with van der Waals surface area (Å²) in [4.78, 5) is 1.60. The number of hydrogen-bond acceptors (Lipinski definition) is 5. The Kier molecular flexibility index (Phi) is 3.25. The smallest absolute Gasteiger partial charge is 0.264 e. The molecule has 0 saturated heterocycles. The molecule has 1 saturated carbocycles. The lowest BCUT2D eigenvalue weighted by molar-refractivity contribution is 0.299. The molecule has 7 heteroatoms. The van der Waals surface area contributed by atoms with Gasteiger partial charge in [0, 0.05) is 5.92 Å². The van der Waals surface area contributed by atoms with Crippen LogP contribution in [0.15, 0.2) is 6.20 Å². The van der Waals surface area contributed by atoms with E-state index in [1.807, 2.05) is 0 Å². The highest BCUT2D eigenvalue weighted by Crippen LogP contribution is 2.38. The van der Waals surface area contributed by atoms with E-state index in [0.717, 1.165) is 11.9 Å². The normalized spacial score (nSPS) is 16.6. The SMILES string of the molecule is CS(=O)(=O)OCCCn1ncc(C2CC2)n1. The Balaban J connectivity index is 1.72. The zero-order chi connectivity index (χ0) is 11.6. The van der Waals surface area contributed by atoms with Crippen molar-refractivity contribution in [2.24, 2.45) is 0 Å². The van der Waals surface area contributed by atoms with E-state index in [2.05, 4.69) is 14.4 Å². The topological polar surface area (TPSA) is 74.1 Å². The summed E-state index contributed by atoms with van der Waals surface area (Å²) in [6.45, 7) is 0.765. The van der Waals surface area contributed by atoms with Crippen molar-refractivity contribution in [3.05, 3.63) is 11.9 Å². The highest BCUT2D eigenvalue weighted by molar-refractivity contribution is 7.85. The van der Waals surface area contributed by atoms with Gasteiger partial charge in [0.25, 0.3) is 10.1 Å². The van der Waals surface area contributed by atoms with Crippen LogP contribution in [0.2, 0.25) is 0 Å². The van der Waals surface area contributed by atoms with Crippen LogP contribution < -0.4 is 0 Å². The molecule has 0 atom stereocenters. The van der Waals surface area contributed by atoms with E-state index in [4.69, 9.17) is 0 Å². The summed E-state index contributed by atoms with van der Waals surface area (Å²) < 4.78 is 26.0. The van der Waals surface area contributed by atoms with Crippen LogP contribution in [0.1, 0.15) is 30.9 Å². The summed E-state index contributed by atoms with van der Waals surface area (Å²) in [5.74, 6) is 0.598. The second-order valence-electron chi connectivity index (χ2n) is 4.02. The lowest BCUT2D eigenvalue weighted by Crippen LogP contribution is -2.09. The maximum absolute atomic E-state index is 10.7. The molecule has 0 amide bonds. The first-order valence-electron chi connectivity index (χ1n) is 5.29. The average molecular weight is 245 g/mol.